The van der Waals surface area contributed by atoms with Crippen LogP contribution >= 0.6 is 45.8 Å². The highest BCUT2D eigenvalue weighted by atomic mass is 127. The van der Waals surface area contributed by atoms with Crippen molar-refractivity contribution in [1.29, 1.82) is 0 Å². The second-order valence-electron chi connectivity index (χ2n) is 10.8. The largest absolute Gasteiger partial charge is 0.478 e. The summed E-state index contributed by atoms with van der Waals surface area (Å²) in [4.78, 5) is 37.6. The molecule has 1 aromatic rings. The average molecular weight is 629 g/mol. The molecule has 186 valence electrons. The van der Waals surface area contributed by atoms with Gasteiger partial charge in [-0.15, -0.1) is 11.6 Å². The van der Waals surface area contributed by atoms with Crippen LogP contribution in [0.25, 0.3) is 0 Å². The molecule has 0 aliphatic heterocycles. The van der Waals surface area contributed by atoms with Gasteiger partial charge in [-0.3, -0.25) is 4.79 Å². The predicted octanol–water partition coefficient (Wildman–Crippen LogP) is 6.51. The molecule has 0 amide bonds. The third kappa shape index (κ3) is 3.42. The molecule has 4 aliphatic carbocycles. The summed E-state index contributed by atoms with van der Waals surface area (Å²) in [5, 5.41) is 10.7. The Labute approximate surface area is 228 Å². The van der Waals surface area contributed by atoms with E-state index in [-0.39, 0.29) is 29.1 Å². The van der Waals surface area contributed by atoms with E-state index in [1.807, 2.05) is 26.0 Å². The Morgan fingerprint density at radius 3 is 2.57 bits per heavy atom. The van der Waals surface area contributed by atoms with E-state index in [1.54, 1.807) is 24.3 Å². The zero-order chi connectivity index (χ0) is 25.4. The number of ether oxygens (including phenoxy) is 1. The van der Waals surface area contributed by atoms with Crippen molar-refractivity contribution in [3.05, 3.63) is 56.2 Å². The lowest BCUT2D eigenvalue weighted by molar-refractivity contribution is -0.180. The van der Waals surface area contributed by atoms with Gasteiger partial charge in [0.1, 0.15) is 0 Å². The number of halogens is 3. The molecular weight excluding hydrogens is 602 g/mol. The SMILES string of the molecule is C[C@]12C=C(Cl)C(=O)C=C1CC[C@H]1[C@@H]3CC[C@](OC(=O)c4cccc(I)c4)(C(=O)O)[C@@]3(C)CC[C@@]12Cl. The van der Waals surface area contributed by atoms with Gasteiger partial charge in [-0.05, 0) is 97.2 Å². The lowest BCUT2D eigenvalue weighted by Gasteiger charge is -2.62. The Morgan fingerprint density at radius 2 is 1.89 bits per heavy atom. The smallest absolute Gasteiger partial charge is 0.348 e. The number of alkyl halides is 1. The number of esters is 1. The first kappa shape index (κ1) is 25.3. The van der Waals surface area contributed by atoms with Gasteiger partial charge < -0.3 is 9.84 Å². The fraction of sp³-hybridized carbons (Fsp3) is 0.519. The number of hydrogen-bond acceptors (Lipinski definition) is 4. The van der Waals surface area contributed by atoms with Crippen LogP contribution in [0.4, 0.5) is 0 Å². The summed E-state index contributed by atoms with van der Waals surface area (Å²) in [7, 11) is 0. The number of carbonyl (C=O) groups excluding carboxylic acids is 2. The van der Waals surface area contributed by atoms with Gasteiger partial charge in [0.15, 0.2) is 5.78 Å². The van der Waals surface area contributed by atoms with Crippen molar-refractivity contribution >= 4 is 63.5 Å². The summed E-state index contributed by atoms with van der Waals surface area (Å²) in [5.41, 5.74) is -1.64. The van der Waals surface area contributed by atoms with E-state index in [9.17, 15) is 19.5 Å². The van der Waals surface area contributed by atoms with Gasteiger partial charge >= 0.3 is 11.9 Å². The number of fused-ring (bicyclic) bond motifs is 5. The molecule has 0 radical (unpaired) electrons. The van der Waals surface area contributed by atoms with Crippen LogP contribution in [0, 0.1) is 26.2 Å². The maximum Gasteiger partial charge on any atom is 0.348 e. The van der Waals surface area contributed by atoms with Crippen molar-refractivity contribution in [2.75, 3.05) is 0 Å². The van der Waals surface area contributed by atoms with Gasteiger partial charge in [0, 0.05) is 14.4 Å². The molecule has 0 heterocycles. The van der Waals surface area contributed by atoms with E-state index < -0.39 is 33.2 Å². The molecule has 0 spiro atoms. The first-order valence-corrected chi connectivity index (χ1v) is 13.8. The first-order valence-electron chi connectivity index (χ1n) is 11.9. The molecule has 1 N–H and O–H groups in total. The molecule has 0 aromatic heterocycles. The van der Waals surface area contributed by atoms with Crippen LogP contribution in [0.2, 0.25) is 0 Å². The Bertz CT molecular complexity index is 1210. The van der Waals surface area contributed by atoms with Crippen LogP contribution in [-0.4, -0.2) is 33.3 Å². The van der Waals surface area contributed by atoms with E-state index in [4.69, 9.17) is 27.9 Å². The average Bonchev–Trinajstić information content (AvgIpc) is 3.09. The molecule has 8 heteroatoms. The van der Waals surface area contributed by atoms with Crippen LogP contribution in [0.1, 0.15) is 62.7 Å². The molecule has 0 saturated heterocycles. The van der Waals surface area contributed by atoms with Crippen molar-refractivity contribution in [1.82, 2.24) is 0 Å². The van der Waals surface area contributed by atoms with Gasteiger partial charge in [-0.25, -0.2) is 9.59 Å². The topological polar surface area (TPSA) is 80.7 Å². The number of carbonyl (C=O) groups is 3. The molecule has 3 fully saturated rings. The fourth-order valence-corrected chi connectivity index (χ4v) is 8.88. The standard InChI is InChI=1S/C27H27Cl2IO5/c1-24-10-11-26(29)19(7-6-16-13-21(31)20(28)14-25(16,26)2)18(24)8-9-27(24,23(33)34)35-22(32)15-4-3-5-17(30)12-15/h3-5,12-14,18-19H,6-11H2,1-2H3,(H,33,34)/t18-,19-,24-,25-,26+,27-/m0/s1. The first-order chi connectivity index (χ1) is 16.4. The molecule has 0 unspecified atom stereocenters. The van der Waals surface area contributed by atoms with Gasteiger partial charge in [0.2, 0.25) is 5.60 Å². The highest BCUT2D eigenvalue weighted by molar-refractivity contribution is 14.1. The highest BCUT2D eigenvalue weighted by Gasteiger charge is 2.72. The summed E-state index contributed by atoms with van der Waals surface area (Å²) >= 11 is 15.9. The number of benzene rings is 1. The summed E-state index contributed by atoms with van der Waals surface area (Å²) in [6.07, 6.45) is 6.78. The van der Waals surface area contributed by atoms with Crippen molar-refractivity contribution in [2.24, 2.45) is 22.7 Å². The van der Waals surface area contributed by atoms with Crippen LogP contribution in [0.3, 0.4) is 0 Å². The number of rotatable bonds is 3. The van der Waals surface area contributed by atoms with Gasteiger partial charge in [0.05, 0.1) is 15.5 Å². The molecule has 3 saturated carbocycles. The fourth-order valence-electron chi connectivity index (χ4n) is 7.53. The van der Waals surface area contributed by atoms with E-state index in [0.717, 1.165) is 15.6 Å². The van der Waals surface area contributed by atoms with E-state index in [2.05, 4.69) is 22.6 Å². The van der Waals surface area contributed by atoms with Gasteiger partial charge in [0.25, 0.3) is 0 Å². The van der Waals surface area contributed by atoms with Crippen molar-refractivity contribution in [2.45, 2.75) is 62.8 Å². The van der Waals surface area contributed by atoms with Crippen LogP contribution in [-0.2, 0) is 14.3 Å². The number of ketones is 1. The second-order valence-corrected chi connectivity index (χ2v) is 13.2. The minimum Gasteiger partial charge on any atom is -0.478 e. The summed E-state index contributed by atoms with van der Waals surface area (Å²) in [5.74, 6) is -1.95. The van der Waals surface area contributed by atoms with Gasteiger partial charge in [-0.2, -0.15) is 0 Å². The summed E-state index contributed by atoms with van der Waals surface area (Å²) < 4.78 is 6.85. The number of carboxylic acid groups (broad SMARTS) is 1. The molecule has 6 atom stereocenters. The van der Waals surface area contributed by atoms with Crippen molar-refractivity contribution in [3.8, 4) is 0 Å². The number of carboxylic acids is 1. The second kappa shape index (κ2) is 8.32. The molecule has 5 nitrogen and oxygen atoms in total. The minimum absolute atomic E-state index is 0.00316. The number of aliphatic carboxylic acids is 1. The highest BCUT2D eigenvalue weighted by Crippen LogP contribution is 2.71. The minimum atomic E-state index is -1.62. The number of hydrogen-bond donors (Lipinski definition) is 1. The van der Waals surface area contributed by atoms with E-state index in [0.29, 0.717) is 31.2 Å². The van der Waals surface area contributed by atoms with Crippen LogP contribution < -0.4 is 0 Å². The lowest BCUT2D eigenvalue weighted by Crippen LogP contribution is -2.63. The molecular formula is C27H27Cl2IO5. The quantitative estimate of drug-likeness (QED) is 0.235. The zero-order valence-electron chi connectivity index (χ0n) is 19.6. The third-order valence-corrected chi connectivity index (χ3v) is 11.3. The molecule has 5 rings (SSSR count). The molecule has 35 heavy (non-hydrogen) atoms. The Kier molecular flexibility index (Phi) is 6.01. The molecule has 1 aromatic carbocycles. The molecule has 0 bridgehead atoms. The summed E-state index contributed by atoms with van der Waals surface area (Å²) in [6.45, 7) is 4.00. The Balaban J connectivity index is 1.52. The number of allylic oxidation sites excluding steroid dienone is 4. The zero-order valence-corrected chi connectivity index (χ0v) is 23.2. The summed E-state index contributed by atoms with van der Waals surface area (Å²) in [6, 6.07) is 6.98. The normalized spacial score (nSPS) is 40.1. The predicted molar refractivity (Wildman–Crippen MR) is 141 cm³/mol. The Morgan fingerprint density at radius 1 is 1.14 bits per heavy atom. The van der Waals surface area contributed by atoms with Crippen molar-refractivity contribution in [3.63, 3.8) is 0 Å². The van der Waals surface area contributed by atoms with E-state index >= 15 is 0 Å². The van der Waals surface area contributed by atoms with Gasteiger partial charge in [-0.1, -0.05) is 43.2 Å². The maximum absolute atomic E-state index is 13.2. The monoisotopic (exact) mass is 628 g/mol. The maximum atomic E-state index is 13.2. The van der Waals surface area contributed by atoms with E-state index in [1.165, 1.54) is 0 Å². The third-order valence-electron chi connectivity index (χ3n) is 9.51. The van der Waals surface area contributed by atoms with Crippen LogP contribution in [0.5, 0.6) is 0 Å². The lowest BCUT2D eigenvalue weighted by atomic mass is 9.46. The Hall–Kier alpha value is -1.38. The molecule has 4 aliphatic rings. The van der Waals surface area contributed by atoms with Crippen LogP contribution in [0.15, 0.2) is 47.0 Å². The van der Waals surface area contributed by atoms with Crippen molar-refractivity contribution < 1.29 is 24.2 Å².